The van der Waals surface area contributed by atoms with Crippen molar-refractivity contribution >= 4 is 5.91 Å². The van der Waals surface area contributed by atoms with Gasteiger partial charge in [-0.1, -0.05) is 38.0 Å². The molecule has 0 radical (unpaired) electrons. The molecule has 0 aliphatic heterocycles. The van der Waals surface area contributed by atoms with Gasteiger partial charge in [0.05, 0.1) is 0 Å². The van der Waals surface area contributed by atoms with E-state index in [0.717, 1.165) is 17.5 Å². The predicted octanol–water partition coefficient (Wildman–Crippen LogP) is 2.50. The predicted molar refractivity (Wildman–Crippen MR) is 78.1 cm³/mol. The Labute approximate surface area is 115 Å². The van der Waals surface area contributed by atoms with E-state index >= 15 is 0 Å². The number of aryl methyl sites for hydroxylation is 1. The van der Waals surface area contributed by atoms with Crippen LogP contribution in [0.25, 0.3) is 0 Å². The van der Waals surface area contributed by atoms with Gasteiger partial charge >= 0.3 is 0 Å². The zero-order chi connectivity index (χ0) is 13.7. The van der Waals surface area contributed by atoms with Crippen LogP contribution in [0.5, 0.6) is 0 Å². The number of amides is 1. The number of hydrogen-bond donors (Lipinski definition) is 2. The quantitative estimate of drug-likeness (QED) is 0.854. The molecule has 3 heteroatoms. The Balaban J connectivity index is 2.06. The summed E-state index contributed by atoms with van der Waals surface area (Å²) in [5.41, 5.74) is 7.73. The summed E-state index contributed by atoms with van der Waals surface area (Å²) in [4.78, 5) is 12.4. The Bertz CT molecular complexity index is 425. The van der Waals surface area contributed by atoms with Crippen LogP contribution in [0.2, 0.25) is 0 Å². The summed E-state index contributed by atoms with van der Waals surface area (Å²) >= 11 is 0. The number of benzene rings is 1. The van der Waals surface area contributed by atoms with E-state index in [1.165, 1.54) is 25.7 Å². The van der Waals surface area contributed by atoms with Gasteiger partial charge in [0.1, 0.15) is 0 Å². The fourth-order valence-corrected chi connectivity index (χ4v) is 3.03. The molecule has 0 heterocycles. The smallest absolute Gasteiger partial charge is 0.251 e. The molecular weight excluding hydrogens is 236 g/mol. The normalized spacial score (nSPS) is 17.4. The Hall–Kier alpha value is -1.35. The van der Waals surface area contributed by atoms with E-state index in [1.807, 2.05) is 24.3 Å². The third kappa shape index (κ3) is 3.35. The molecule has 1 fully saturated rings. The molecule has 1 aromatic carbocycles. The summed E-state index contributed by atoms with van der Waals surface area (Å²) in [5, 5.41) is 3.14. The molecule has 1 aliphatic rings. The van der Waals surface area contributed by atoms with E-state index in [9.17, 15) is 4.79 Å². The minimum Gasteiger partial charge on any atom is -0.348 e. The average molecular weight is 260 g/mol. The zero-order valence-electron chi connectivity index (χ0n) is 11.7. The number of rotatable bonds is 5. The van der Waals surface area contributed by atoms with Crippen LogP contribution >= 0.6 is 0 Å². The molecular formula is C16H24N2O. The van der Waals surface area contributed by atoms with Crippen LogP contribution in [0.4, 0.5) is 0 Å². The summed E-state index contributed by atoms with van der Waals surface area (Å²) in [5.74, 6) is 0.586. The highest BCUT2D eigenvalue weighted by Crippen LogP contribution is 2.27. The molecule has 1 unspecified atom stereocenters. The highest BCUT2D eigenvalue weighted by atomic mass is 16.1. The van der Waals surface area contributed by atoms with Gasteiger partial charge in [-0.05, 0) is 36.8 Å². The molecule has 1 saturated carbocycles. The molecule has 0 saturated heterocycles. The third-order valence-electron chi connectivity index (χ3n) is 4.18. The highest BCUT2D eigenvalue weighted by molar-refractivity contribution is 5.95. The van der Waals surface area contributed by atoms with Crippen LogP contribution < -0.4 is 11.1 Å². The summed E-state index contributed by atoms with van der Waals surface area (Å²) in [6, 6.07) is 7.94. The third-order valence-corrected chi connectivity index (χ3v) is 4.18. The van der Waals surface area contributed by atoms with Crippen molar-refractivity contribution in [2.75, 3.05) is 6.54 Å². The second-order valence-electron chi connectivity index (χ2n) is 5.37. The first-order valence-corrected chi connectivity index (χ1v) is 7.35. The van der Waals surface area contributed by atoms with Gasteiger partial charge in [-0.15, -0.1) is 0 Å². The second-order valence-corrected chi connectivity index (χ2v) is 5.37. The molecule has 104 valence electrons. The van der Waals surface area contributed by atoms with Crippen LogP contribution in [-0.4, -0.2) is 18.5 Å². The van der Waals surface area contributed by atoms with Gasteiger partial charge in [0.2, 0.25) is 0 Å². The number of carbonyl (C=O) groups is 1. The van der Waals surface area contributed by atoms with Crippen LogP contribution in [-0.2, 0) is 6.42 Å². The van der Waals surface area contributed by atoms with Crippen molar-refractivity contribution in [1.82, 2.24) is 5.32 Å². The lowest BCUT2D eigenvalue weighted by atomic mass is 9.97. The monoisotopic (exact) mass is 260 g/mol. The summed E-state index contributed by atoms with van der Waals surface area (Å²) in [7, 11) is 0. The molecule has 1 aromatic rings. The summed E-state index contributed by atoms with van der Waals surface area (Å²) in [6.07, 6.45) is 5.79. The van der Waals surface area contributed by atoms with E-state index in [4.69, 9.17) is 5.73 Å². The first-order valence-electron chi connectivity index (χ1n) is 7.35. The first kappa shape index (κ1) is 14.1. The molecule has 1 atom stereocenters. The topological polar surface area (TPSA) is 55.1 Å². The van der Waals surface area contributed by atoms with E-state index in [0.29, 0.717) is 12.5 Å². The Morgan fingerprint density at radius 1 is 1.37 bits per heavy atom. The fourth-order valence-electron chi connectivity index (χ4n) is 3.03. The molecule has 0 bridgehead atoms. The van der Waals surface area contributed by atoms with Crippen molar-refractivity contribution in [3.8, 4) is 0 Å². The van der Waals surface area contributed by atoms with Gasteiger partial charge in [-0.25, -0.2) is 0 Å². The lowest BCUT2D eigenvalue weighted by Gasteiger charge is -2.23. The maximum absolute atomic E-state index is 12.4. The molecule has 1 amide bonds. The maximum Gasteiger partial charge on any atom is 0.251 e. The van der Waals surface area contributed by atoms with Crippen molar-refractivity contribution < 1.29 is 4.79 Å². The van der Waals surface area contributed by atoms with Gasteiger partial charge in [0.25, 0.3) is 5.91 Å². The Morgan fingerprint density at radius 3 is 2.68 bits per heavy atom. The molecule has 0 spiro atoms. The van der Waals surface area contributed by atoms with Crippen LogP contribution in [0.1, 0.15) is 48.5 Å². The van der Waals surface area contributed by atoms with Crippen LogP contribution in [0.3, 0.4) is 0 Å². The molecule has 1 aliphatic carbocycles. The summed E-state index contributed by atoms with van der Waals surface area (Å²) < 4.78 is 0. The van der Waals surface area contributed by atoms with E-state index in [2.05, 4.69) is 12.2 Å². The zero-order valence-corrected chi connectivity index (χ0v) is 11.7. The molecule has 3 nitrogen and oxygen atoms in total. The number of nitrogens with two attached hydrogens (primary N) is 1. The van der Waals surface area contributed by atoms with Gasteiger partial charge in [-0.2, -0.15) is 0 Å². The van der Waals surface area contributed by atoms with Gasteiger partial charge in [0, 0.05) is 18.2 Å². The summed E-state index contributed by atoms with van der Waals surface area (Å²) in [6.45, 7) is 2.61. The van der Waals surface area contributed by atoms with Crippen molar-refractivity contribution in [2.45, 2.75) is 45.1 Å². The minimum absolute atomic E-state index is 0.0276. The fraction of sp³-hybridized carbons (Fsp3) is 0.562. The lowest BCUT2D eigenvalue weighted by Crippen LogP contribution is -2.44. The van der Waals surface area contributed by atoms with Crippen LogP contribution in [0, 0.1) is 5.92 Å². The van der Waals surface area contributed by atoms with Gasteiger partial charge in [0.15, 0.2) is 0 Å². The lowest BCUT2D eigenvalue weighted by molar-refractivity contribution is 0.0923. The molecule has 3 N–H and O–H groups in total. The van der Waals surface area contributed by atoms with Crippen molar-refractivity contribution in [2.24, 2.45) is 11.7 Å². The van der Waals surface area contributed by atoms with E-state index in [1.54, 1.807) is 0 Å². The van der Waals surface area contributed by atoms with Crippen molar-refractivity contribution in [1.29, 1.82) is 0 Å². The average Bonchev–Trinajstić information content (AvgIpc) is 2.98. The van der Waals surface area contributed by atoms with E-state index in [-0.39, 0.29) is 11.9 Å². The van der Waals surface area contributed by atoms with Gasteiger partial charge in [-0.3, -0.25) is 4.79 Å². The maximum atomic E-state index is 12.4. The number of nitrogens with one attached hydrogen (secondary N) is 1. The highest BCUT2D eigenvalue weighted by Gasteiger charge is 2.25. The second kappa shape index (κ2) is 6.71. The van der Waals surface area contributed by atoms with Crippen molar-refractivity contribution in [3.05, 3.63) is 35.4 Å². The SMILES string of the molecule is CCc1ccccc1C(=O)NC(CN)C1CCCC1. The number of carbonyl (C=O) groups excluding carboxylic acids is 1. The molecule has 19 heavy (non-hydrogen) atoms. The van der Waals surface area contributed by atoms with E-state index < -0.39 is 0 Å². The van der Waals surface area contributed by atoms with Gasteiger partial charge < -0.3 is 11.1 Å². The largest absolute Gasteiger partial charge is 0.348 e. The number of hydrogen-bond acceptors (Lipinski definition) is 2. The van der Waals surface area contributed by atoms with Crippen LogP contribution in [0.15, 0.2) is 24.3 Å². The first-order chi connectivity index (χ1) is 9.26. The standard InChI is InChI=1S/C16H24N2O/c1-2-12-7-5-6-10-14(12)16(19)18-15(11-17)13-8-3-4-9-13/h5-7,10,13,15H,2-4,8-9,11,17H2,1H3,(H,18,19). The van der Waals surface area contributed by atoms with Crippen molar-refractivity contribution in [3.63, 3.8) is 0 Å². The minimum atomic E-state index is 0.0276. The Kier molecular flexibility index (Phi) is 4.97. The Morgan fingerprint density at radius 2 is 2.05 bits per heavy atom. The molecule has 2 rings (SSSR count). The molecule has 0 aromatic heterocycles.